The van der Waals surface area contributed by atoms with Crippen molar-refractivity contribution in [3.8, 4) is 0 Å². The maximum absolute atomic E-state index is 12.7. The number of hydrogen-bond acceptors (Lipinski definition) is 2. The Bertz CT molecular complexity index is 625. The molecule has 0 spiro atoms. The summed E-state index contributed by atoms with van der Waals surface area (Å²) in [5.41, 5.74) is 1.55. The second-order valence-corrected chi connectivity index (χ2v) is 5.09. The molecule has 0 heterocycles. The zero-order valence-corrected chi connectivity index (χ0v) is 12.5. The van der Waals surface area contributed by atoms with Crippen molar-refractivity contribution < 1.29 is 14.7 Å². The van der Waals surface area contributed by atoms with E-state index in [4.69, 9.17) is 5.11 Å². The van der Waals surface area contributed by atoms with Crippen LogP contribution in [0.2, 0.25) is 0 Å². The Hall–Kier alpha value is -2.62. The first-order valence-electron chi connectivity index (χ1n) is 7.22. The first-order valence-corrected chi connectivity index (χ1v) is 7.22. The third kappa shape index (κ3) is 3.95. The molecule has 1 amide bonds. The van der Waals surface area contributed by atoms with Gasteiger partial charge >= 0.3 is 5.97 Å². The van der Waals surface area contributed by atoms with Crippen molar-refractivity contribution in [1.29, 1.82) is 0 Å². The number of benzene rings is 2. The number of hydrogen-bond donors (Lipinski definition) is 1. The van der Waals surface area contributed by atoms with E-state index in [1.807, 2.05) is 43.3 Å². The van der Waals surface area contributed by atoms with Crippen molar-refractivity contribution in [3.63, 3.8) is 0 Å². The topological polar surface area (TPSA) is 57.6 Å². The van der Waals surface area contributed by atoms with Crippen LogP contribution < -0.4 is 0 Å². The zero-order chi connectivity index (χ0) is 15.9. The summed E-state index contributed by atoms with van der Waals surface area (Å²) in [4.78, 5) is 25.2. The highest BCUT2D eigenvalue weighted by Gasteiger charge is 2.23. The lowest BCUT2D eigenvalue weighted by atomic mass is 10.1. The van der Waals surface area contributed by atoms with Gasteiger partial charge in [0.1, 0.15) is 0 Å². The number of nitrogens with zero attached hydrogens (tertiary/aromatic N) is 1. The van der Waals surface area contributed by atoms with Gasteiger partial charge in [-0.3, -0.25) is 9.59 Å². The quantitative estimate of drug-likeness (QED) is 0.889. The van der Waals surface area contributed by atoms with E-state index in [1.165, 1.54) is 0 Å². The second-order valence-electron chi connectivity index (χ2n) is 5.09. The third-order valence-corrected chi connectivity index (χ3v) is 3.60. The van der Waals surface area contributed by atoms with E-state index in [9.17, 15) is 9.59 Å². The summed E-state index contributed by atoms with van der Waals surface area (Å²) in [7, 11) is 0. The van der Waals surface area contributed by atoms with Crippen LogP contribution in [0.5, 0.6) is 0 Å². The average molecular weight is 297 g/mol. The van der Waals surface area contributed by atoms with Crippen LogP contribution in [0, 0.1) is 0 Å². The minimum Gasteiger partial charge on any atom is -0.481 e. The molecule has 1 atom stereocenters. The van der Waals surface area contributed by atoms with E-state index in [1.54, 1.807) is 29.2 Å². The fourth-order valence-electron chi connectivity index (χ4n) is 2.35. The largest absolute Gasteiger partial charge is 0.481 e. The second kappa shape index (κ2) is 7.41. The summed E-state index contributed by atoms with van der Waals surface area (Å²) in [6, 6.07) is 18.4. The van der Waals surface area contributed by atoms with E-state index < -0.39 is 5.97 Å². The van der Waals surface area contributed by atoms with Crippen molar-refractivity contribution in [2.24, 2.45) is 0 Å². The number of rotatable bonds is 6. The summed E-state index contributed by atoms with van der Waals surface area (Å²) >= 11 is 0. The zero-order valence-electron chi connectivity index (χ0n) is 12.5. The van der Waals surface area contributed by atoms with Crippen LogP contribution in [0.1, 0.15) is 35.3 Å². The summed E-state index contributed by atoms with van der Waals surface area (Å²) in [5, 5.41) is 8.93. The highest BCUT2D eigenvalue weighted by molar-refractivity contribution is 5.94. The molecule has 1 N–H and O–H groups in total. The Balaban J connectivity index is 2.26. The summed E-state index contributed by atoms with van der Waals surface area (Å²) < 4.78 is 0. The van der Waals surface area contributed by atoms with Crippen LogP contribution in [0.4, 0.5) is 0 Å². The number of carbonyl (C=O) groups excluding carboxylic acids is 1. The minimum absolute atomic E-state index is 0.0737. The molecule has 2 aromatic carbocycles. The Morgan fingerprint density at radius 3 is 2.09 bits per heavy atom. The first-order chi connectivity index (χ1) is 10.6. The summed E-state index contributed by atoms with van der Waals surface area (Å²) in [6.45, 7) is 2.09. The molecule has 0 aliphatic rings. The predicted octanol–water partition coefficient (Wildman–Crippen LogP) is 3.36. The molecule has 4 heteroatoms. The standard InChI is InChI=1S/C18H19NO3/c1-14(15-8-4-2-5-9-15)19(13-12-17(20)21)18(22)16-10-6-3-7-11-16/h2-11,14H,12-13H2,1H3,(H,20,21). The van der Waals surface area contributed by atoms with Gasteiger partial charge in [0.05, 0.1) is 12.5 Å². The lowest BCUT2D eigenvalue weighted by molar-refractivity contribution is -0.137. The van der Waals surface area contributed by atoms with E-state index in [0.29, 0.717) is 5.56 Å². The maximum atomic E-state index is 12.7. The van der Waals surface area contributed by atoms with Crippen LogP contribution in [-0.4, -0.2) is 28.4 Å². The molecule has 0 saturated heterocycles. The van der Waals surface area contributed by atoms with Gasteiger partial charge in [0.25, 0.3) is 5.91 Å². The van der Waals surface area contributed by atoms with Crippen molar-refractivity contribution in [2.45, 2.75) is 19.4 Å². The smallest absolute Gasteiger partial charge is 0.305 e. The van der Waals surface area contributed by atoms with Crippen LogP contribution in [0.3, 0.4) is 0 Å². The average Bonchev–Trinajstić information content (AvgIpc) is 2.56. The van der Waals surface area contributed by atoms with Gasteiger partial charge in [-0.05, 0) is 24.6 Å². The van der Waals surface area contributed by atoms with Crippen LogP contribution in [0.25, 0.3) is 0 Å². The van der Waals surface area contributed by atoms with E-state index in [-0.39, 0.29) is 24.9 Å². The molecule has 0 bridgehead atoms. The van der Waals surface area contributed by atoms with Crippen molar-refractivity contribution in [2.75, 3.05) is 6.54 Å². The monoisotopic (exact) mass is 297 g/mol. The van der Waals surface area contributed by atoms with Crippen molar-refractivity contribution in [1.82, 2.24) is 4.90 Å². The number of aliphatic carboxylic acids is 1. The molecule has 0 aromatic heterocycles. The van der Waals surface area contributed by atoms with Gasteiger partial charge in [-0.2, -0.15) is 0 Å². The number of carboxylic acids is 1. The predicted molar refractivity (Wildman–Crippen MR) is 84.6 cm³/mol. The molecule has 0 aliphatic heterocycles. The third-order valence-electron chi connectivity index (χ3n) is 3.60. The molecule has 1 unspecified atom stereocenters. The molecule has 114 valence electrons. The Morgan fingerprint density at radius 2 is 1.55 bits per heavy atom. The van der Waals surface area contributed by atoms with Crippen molar-refractivity contribution in [3.05, 3.63) is 71.8 Å². The molecule has 2 rings (SSSR count). The molecule has 0 radical (unpaired) electrons. The van der Waals surface area contributed by atoms with Crippen LogP contribution in [-0.2, 0) is 4.79 Å². The molecule has 0 saturated carbocycles. The van der Waals surface area contributed by atoms with Crippen LogP contribution in [0.15, 0.2) is 60.7 Å². The lowest BCUT2D eigenvalue weighted by Crippen LogP contribution is -2.35. The van der Waals surface area contributed by atoms with Gasteiger partial charge in [-0.25, -0.2) is 0 Å². The Kier molecular flexibility index (Phi) is 5.31. The molecular weight excluding hydrogens is 278 g/mol. The summed E-state index contributed by atoms with van der Waals surface area (Å²) in [5.74, 6) is -1.07. The van der Waals surface area contributed by atoms with Gasteiger partial charge in [0.2, 0.25) is 0 Å². The van der Waals surface area contributed by atoms with E-state index in [2.05, 4.69) is 0 Å². The molecule has 0 aliphatic carbocycles. The van der Waals surface area contributed by atoms with Gasteiger partial charge in [0, 0.05) is 12.1 Å². The lowest BCUT2D eigenvalue weighted by Gasteiger charge is -2.29. The highest BCUT2D eigenvalue weighted by Crippen LogP contribution is 2.22. The fourth-order valence-corrected chi connectivity index (χ4v) is 2.35. The van der Waals surface area contributed by atoms with Gasteiger partial charge in [0.15, 0.2) is 0 Å². The van der Waals surface area contributed by atoms with E-state index in [0.717, 1.165) is 5.56 Å². The Morgan fingerprint density at radius 1 is 1.00 bits per heavy atom. The van der Waals surface area contributed by atoms with Crippen LogP contribution >= 0.6 is 0 Å². The Labute approximate surface area is 130 Å². The normalized spacial score (nSPS) is 11.7. The highest BCUT2D eigenvalue weighted by atomic mass is 16.4. The fraction of sp³-hybridized carbons (Fsp3) is 0.222. The SMILES string of the molecule is CC(c1ccccc1)N(CCC(=O)O)C(=O)c1ccccc1. The first kappa shape index (κ1) is 15.8. The molecule has 22 heavy (non-hydrogen) atoms. The minimum atomic E-state index is -0.911. The number of carbonyl (C=O) groups is 2. The number of carboxylic acid groups (broad SMARTS) is 1. The van der Waals surface area contributed by atoms with Gasteiger partial charge in [-0.15, -0.1) is 0 Å². The maximum Gasteiger partial charge on any atom is 0.305 e. The molecule has 0 fully saturated rings. The van der Waals surface area contributed by atoms with E-state index >= 15 is 0 Å². The van der Waals surface area contributed by atoms with Gasteiger partial charge < -0.3 is 10.0 Å². The number of amides is 1. The molecular formula is C18H19NO3. The van der Waals surface area contributed by atoms with Crippen molar-refractivity contribution >= 4 is 11.9 Å². The summed E-state index contributed by atoms with van der Waals surface area (Å²) in [6.07, 6.45) is -0.0737. The molecule has 2 aromatic rings. The molecule has 4 nitrogen and oxygen atoms in total. The van der Waals surface area contributed by atoms with Gasteiger partial charge in [-0.1, -0.05) is 48.5 Å².